The highest BCUT2D eigenvalue weighted by Gasteiger charge is 2.19. The zero-order chi connectivity index (χ0) is 20.8. The summed E-state index contributed by atoms with van der Waals surface area (Å²) in [5.41, 5.74) is 7.26. The molecule has 1 heterocycles. The molecule has 0 radical (unpaired) electrons. The first-order valence-electron chi connectivity index (χ1n) is 9.63. The van der Waals surface area contributed by atoms with Gasteiger partial charge < -0.3 is 15.7 Å². The van der Waals surface area contributed by atoms with Crippen molar-refractivity contribution in [2.75, 3.05) is 11.9 Å². The molecule has 154 valence electrons. The number of hydrogen-bond donors (Lipinski definition) is 2. The van der Waals surface area contributed by atoms with Gasteiger partial charge in [-0.05, 0) is 42.7 Å². The number of aromatic nitrogens is 2. The molecular formula is C21H25F2N5O. The fourth-order valence-electron chi connectivity index (χ4n) is 3.59. The molecule has 0 bridgehead atoms. The van der Waals surface area contributed by atoms with Gasteiger partial charge in [0.2, 0.25) is 0 Å². The van der Waals surface area contributed by atoms with Gasteiger partial charge in [0.25, 0.3) is 0 Å². The Morgan fingerprint density at radius 1 is 1.21 bits per heavy atom. The molecule has 1 aliphatic rings. The molecule has 0 aliphatic heterocycles. The van der Waals surface area contributed by atoms with Gasteiger partial charge in [0.1, 0.15) is 5.75 Å². The standard InChI is InChI=1S/C21H25F2N5O/c1-28(16-5-3-2-4-6-16)20-10-9-18(26-27-20)17-8-7-14(11-19(17)29)15(12-24)13-25-21(22)23/h7-13,16,21,29H,2-6,24H2,1H3. The van der Waals surface area contributed by atoms with E-state index in [2.05, 4.69) is 20.1 Å². The molecule has 0 unspecified atom stereocenters. The second-order valence-corrected chi connectivity index (χ2v) is 7.09. The van der Waals surface area contributed by atoms with Gasteiger partial charge in [-0.3, -0.25) is 0 Å². The minimum atomic E-state index is -2.82. The molecule has 8 heteroatoms. The quantitative estimate of drug-likeness (QED) is 0.559. The minimum absolute atomic E-state index is 0.0463. The lowest BCUT2D eigenvalue weighted by molar-refractivity contribution is 0.161. The Labute approximate surface area is 168 Å². The Balaban J connectivity index is 1.78. The number of nitrogens with two attached hydrogens (primary N) is 1. The van der Waals surface area contributed by atoms with Crippen molar-refractivity contribution in [2.24, 2.45) is 10.7 Å². The average molecular weight is 401 g/mol. The predicted molar refractivity (Wildman–Crippen MR) is 111 cm³/mol. The van der Waals surface area contributed by atoms with E-state index in [1.807, 2.05) is 19.2 Å². The number of aliphatic imine (C=N–C) groups is 1. The Morgan fingerprint density at radius 2 is 1.97 bits per heavy atom. The van der Waals surface area contributed by atoms with Gasteiger partial charge in [-0.1, -0.05) is 25.3 Å². The molecule has 0 saturated heterocycles. The highest BCUT2D eigenvalue weighted by atomic mass is 19.3. The summed E-state index contributed by atoms with van der Waals surface area (Å²) in [6.45, 7) is -2.82. The first kappa shape index (κ1) is 20.7. The van der Waals surface area contributed by atoms with Crippen LogP contribution in [0.5, 0.6) is 5.75 Å². The van der Waals surface area contributed by atoms with Crippen molar-refractivity contribution < 1.29 is 13.9 Å². The molecule has 1 aliphatic carbocycles. The summed E-state index contributed by atoms with van der Waals surface area (Å²) in [5.74, 6) is 0.753. The van der Waals surface area contributed by atoms with Crippen molar-refractivity contribution in [1.29, 1.82) is 0 Å². The number of phenols is 1. The van der Waals surface area contributed by atoms with Crippen LogP contribution in [-0.2, 0) is 0 Å². The molecule has 1 fully saturated rings. The van der Waals surface area contributed by atoms with Crippen molar-refractivity contribution >= 4 is 17.6 Å². The number of alkyl halides is 2. The van der Waals surface area contributed by atoms with Crippen LogP contribution in [0.25, 0.3) is 16.8 Å². The van der Waals surface area contributed by atoms with E-state index >= 15 is 0 Å². The lowest BCUT2D eigenvalue weighted by atomic mass is 9.94. The van der Waals surface area contributed by atoms with Crippen molar-refractivity contribution in [2.45, 2.75) is 44.7 Å². The molecule has 0 amide bonds. The summed E-state index contributed by atoms with van der Waals surface area (Å²) in [6.07, 6.45) is 8.23. The topological polar surface area (TPSA) is 87.6 Å². The van der Waals surface area contributed by atoms with Gasteiger partial charge in [-0.2, -0.15) is 8.78 Å². The number of rotatable bonds is 6. The van der Waals surface area contributed by atoms with Crippen LogP contribution in [0.1, 0.15) is 37.7 Å². The number of nitrogens with zero attached hydrogens (tertiary/aromatic N) is 4. The molecule has 2 aromatic rings. The van der Waals surface area contributed by atoms with Gasteiger partial charge in [0, 0.05) is 36.6 Å². The molecule has 1 aromatic carbocycles. The lowest BCUT2D eigenvalue weighted by Gasteiger charge is -2.31. The number of halogens is 2. The van der Waals surface area contributed by atoms with Gasteiger partial charge in [0.05, 0.1) is 5.69 Å². The zero-order valence-corrected chi connectivity index (χ0v) is 16.3. The highest BCUT2D eigenvalue weighted by Crippen LogP contribution is 2.31. The van der Waals surface area contributed by atoms with E-state index in [0.29, 0.717) is 22.9 Å². The predicted octanol–water partition coefficient (Wildman–Crippen LogP) is 4.21. The molecule has 6 nitrogen and oxygen atoms in total. The molecule has 0 spiro atoms. The Morgan fingerprint density at radius 3 is 2.55 bits per heavy atom. The third-order valence-electron chi connectivity index (χ3n) is 5.25. The molecule has 29 heavy (non-hydrogen) atoms. The maximum Gasteiger partial charge on any atom is 0.331 e. The highest BCUT2D eigenvalue weighted by molar-refractivity contribution is 6.09. The Hall–Kier alpha value is -3.03. The molecule has 3 N–H and O–H groups in total. The van der Waals surface area contributed by atoms with Gasteiger partial charge in [0.15, 0.2) is 5.82 Å². The maximum absolute atomic E-state index is 12.3. The van der Waals surface area contributed by atoms with E-state index < -0.39 is 6.55 Å². The zero-order valence-electron chi connectivity index (χ0n) is 16.3. The van der Waals surface area contributed by atoms with Crippen molar-refractivity contribution in [3.05, 3.63) is 42.1 Å². The Kier molecular flexibility index (Phi) is 6.74. The third kappa shape index (κ3) is 5.07. The first-order valence-corrected chi connectivity index (χ1v) is 9.63. The van der Waals surface area contributed by atoms with E-state index in [-0.39, 0.29) is 11.3 Å². The normalized spacial score (nSPS) is 15.9. The maximum atomic E-state index is 12.3. The van der Waals surface area contributed by atoms with Crippen LogP contribution in [-0.4, -0.2) is 41.2 Å². The van der Waals surface area contributed by atoms with Crippen molar-refractivity contribution in [3.8, 4) is 17.0 Å². The number of allylic oxidation sites excluding steroid dienone is 1. The summed E-state index contributed by atoms with van der Waals surface area (Å²) in [7, 11) is 2.04. The number of benzene rings is 1. The number of phenolic OH excluding ortho intramolecular Hbond substituents is 1. The molecular weight excluding hydrogens is 376 g/mol. The van der Waals surface area contributed by atoms with Crippen LogP contribution in [0, 0.1) is 0 Å². The fraction of sp³-hybridized carbons (Fsp3) is 0.381. The van der Waals surface area contributed by atoms with Crippen LogP contribution >= 0.6 is 0 Å². The van der Waals surface area contributed by atoms with Crippen LogP contribution in [0.15, 0.2) is 41.5 Å². The van der Waals surface area contributed by atoms with E-state index in [4.69, 9.17) is 5.73 Å². The van der Waals surface area contributed by atoms with Gasteiger partial charge in [-0.25, -0.2) is 4.99 Å². The lowest BCUT2D eigenvalue weighted by Crippen LogP contribution is -2.34. The van der Waals surface area contributed by atoms with Crippen molar-refractivity contribution in [1.82, 2.24) is 10.2 Å². The smallest absolute Gasteiger partial charge is 0.331 e. The van der Waals surface area contributed by atoms with Crippen LogP contribution in [0.3, 0.4) is 0 Å². The molecule has 0 atom stereocenters. The molecule has 1 saturated carbocycles. The third-order valence-corrected chi connectivity index (χ3v) is 5.25. The monoisotopic (exact) mass is 401 g/mol. The number of aromatic hydroxyl groups is 1. The minimum Gasteiger partial charge on any atom is -0.507 e. The van der Waals surface area contributed by atoms with Crippen LogP contribution < -0.4 is 10.6 Å². The number of anilines is 1. The molecule has 1 aromatic heterocycles. The summed E-state index contributed by atoms with van der Waals surface area (Å²) in [5, 5.41) is 19.0. The van der Waals surface area contributed by atoms with E-state index in [9.17, 15) is 13.9 Å². The summed E-state index contributed by atoms with van der Waals surface area (Å²) < 4.78 is 24.6. The van der Waals surface area contributed by atoms with Crippen LogP contribution in [0.2, 0.25) is 0 Å². The summed E-state index contributed by atoms with van der Waals surface area (Å²) >= 11 is 0. The molecule has 3 rings (SSSR count). The average Bonchev–Trinajstić information content (AvgIpc) is 2.74. The second-order valence-electron chi connectivity index (χ2n) is 7.09. The second kappa shape index (κ2) is 9.45. The van der Waals surface area contributed by atoms with E-state index in [1.54, 1.807) is 12.1 Å². The SMILES string of the molecule is CN(c1ccc(-c2ccc(C(C=NC(F)F)=CN)cc2O)nn1)C1CCCCC1. The summed E-state index contributed by atoms with van der Waals surface area (Å²) in [4.78, 5) is 5.20. The largest absolute Gasteiger partial charge is 0.507 e. The van der Waals surface area contributed by atoms with Gasteiger partial charge >= 0.3 is 6.55 Å². The Bertz CT molecular complexity index is 877. The van der Waals surface area contributed by atoms with Crippen LogP contribution in [0.4, 0.5) is 14.6 Å². The fourth-order valence-corrected chi connectivity index (χ4v) is 3.59. The van der Waals surface area contributed by atoms with E-state index in [1.165, 1.54) is 25.3 Å². The van der Waals surface area contributed by atoms with E-state index in [0.717, 1.165) is 31.1 Å². The number of hydrogen-bond acceptors (Lipinski definition) is 6. The summed E-state index contributed by atoms with van der Waals surface area (Å²) in [6, 6.07) is 8.94. The first-order chi connectivity index (χ1) is 14.0. The van der Waals surface area contributed by atoms with Gasteiger partial charge in [-0.15, -0.1) is 10.2 Å². The van der Waals surface area contributed by atoms with Crippen molar-refractivity contribution in [3.63, 3.8) is 0 Å².